The lowest BCUT2D eigenvalue weighted by Gasteiger charge is -2.27. The Morgan fingerprint density at radius 3 is 2.57 bits per heavy atom. The van der Waals surface area contributed by atoms with E-state index in [2.05, 4.69) is 4.98 Å². The first-order valence-electron chi connectivity index (χ1n) is 10.6. The smallest absolute Gasteiger partial charge is 0.417 e. The number of hydrogen-bond donors (Lipinski definition) is 0. The average Bonchev–Trinajstić information content (AvgIpc) is 2.77. The SMILES string of the molecule is CCOC(=O)C=Cc1ccc(OC(C)(C)CCOCOC)cc1Oc1ncc(C(F)(F)F)cc1Cl. The topological polar surface area (TPSA) is 76.1 Å². The third-order valence-electron chi connectivity index (χ3n) is 4.46. The van der Waals surface area contributed by atoms with E-state index in [1.165, 1.54) is 25.3 Å². The summed E-state index contributed by atoms with van der Waals surface area (Å²) in [6, 6.07) is 5.53. The molecule has 1 heterocycles. The van der Waals surface area contributed by atoms with E-state index < -0.39 is 23.3 Å². The number of carbonyl (C=O) groups is 1. The van der Waals surface area contributed by atoms with Gasteiger partial charge in [-0.05, 0) is 45.0 Å². The van der Waals surface area contributed by atoms with Crippen molar-refractivity contribution in [2.75, 3.05) is 27.1 Å². The standard InChI is InChI=1S/C24H27ClF3NO6/c1-5-33-21(30)9-7-16-6-8-18(35-23(2,3)10-11-32-15-31-4)13-20(16)34-22-19(25)12-17(14-29-22)24(26,27)28/h6-9,12-14H,5,10-11,15H2,1-4H3. The Balaban J connectivity index is 2.33. The van der Waals surface area contributed by atoms with Crippen LogP contribution < -0.4 is 9.47 Å². The Kier molecular flexibility index (Phi) is 10.4. The molecule has 0 fully saturated rings. The Hall–Kier alpha value is -2.82. The summed E-state index contributed by atoms with van der Waals surface area (Å²) in [6.45, 7) is 6.17. The van der Waals surface area contributed by atoms with E-state index in [1.54, 1.807) is 19.1 Å². The van der Waals surface area contributed by atoms with E-state index in [9.17, 15) is 18.0 Å². The monoisotopic (exact) mass is 517 g/mol. The molecule has 0 bridgehead atoms. The minimum absolute atomic E-state index is 0.156. The molecule has 2 aromatic rings. The van der Waals surface area contributed by atoms with Gasteiger partial charge in [0.2, 0.25) is 5.88 Å². The molecule has 0 N–H and O–H groups in total. The first-order valence-corrected chi connectivity index (χ1v) is 11.0. The number of pyridine rings is 1. The van der Waals surface area contributed by atoms with Crippen LogP contribution in [-0.2, 0) is 25.2 Å². The maximum atomic E-state index is 12.9. The van der Waals surface area contributed by atoms with Crippen molar-refractivity contribution >= 4 is 23.6 Å². The Morgan fingerprint density at radius 1 is 1.20 bits per heavy atom. The number of halogens is 4. The van der Waals surface area contributed by atoms with E-state index in [1.807, 2.05) is 13.8 Å². The highest BCUT2D eigenvalue weighted by atomic mass is 35.5. The third kappa shape index (κ3) is 9.39. The van der Waals surface area contributed by atoms with Crippen molar-refractivity contribution in [2.24, 2.45) is 0 Å². The van der Waals surface area contributed by atoms with E-state index in [0.717, 1.165) is 6.07 Å². The molecule has 0 radical (unpaired) electrons. The van der Waals surface area contributed by atoms with Crippen molar-refractivity contribution in [1.82, 2.24) is 4.98 Å². The van der Waals surface area contributed by atoms with Crippen molar-refractivity contribution in [1.29, 1.82) is 0 Å². The van der Waals surface area contributed by atoms with Gasteiger partial charge >= 0.3 is 12.1 Å². The van der Waals surface area contributed by atoms with Crippen LogP contribution in [0.2, 0.25) is 5.02 Å². The quantitative estimate of drug-likeness (QED) is 0.142. The van der Waals surface area contributed by atoms with E-state index >= 15 is 0 Å². The number of methoxy groups -OCH3 is 1. The predicted octanol–water partition coefficient (Wildman–Crippen LogP) is 6.29. The van der Waals surface area contributed by atoms with Crippen LogP contribution in [0.5, 0.6) is 17.4 Å². The zero-order valence-corrected chi connectivity index (χ0v) is 20.5. The fraction of sp³-hybridized carbons (Fsp3) is 0.417. The molecule has 7 nitrogen and oxygen atoms in total. The highest BCUT2D eigenvalue weighted by Gasteiger charge is 2.32. The summed E-state index contributed by atoms with van der Waals surface area (Å²) >= 11 is 6.00. The van der Waals surface area contributed by atoms with Gasteiger partial charge in [-0.15, -0.1) is 0 Å². The maximum Gasteiger partial charge on any atom is 0.417 e. The zero-order chi connectivity index (χ0) is 26.1. The molecule has 2 rings (SSSR count). The second kappa shape index (κ2) is 12.8. The molecule has 0 saturated carbocycles. The third-order valence-corrected chi connectivity index (χ3v) is 4.73. The van der Waals surface area contributed by atoms with Crippen LogP contribution in [0.25, 0.3) is 6.08 Å². The van der Waals surface area contributed by atoms with Gasteiger partial charge in [0.05, 0.1) is 18.8 Å². The summed E-state index contributed by atoms with van der Waals surface area (Å²) in [5.41, 5.74) is -1.21. The van der Waals surface area contributed by atoms with Crippen molar-refractivity contribution < 1.29 is 41.7 Å². The number of hydrogen-bond acceptors (Lipinski definition) is 7. The number of rotatable bonds is 12. The lowest BCUT2D eigenvalue weighted by Crippen LogP contribution is -2.30. The van der Waals surface area contributed by atoms with Gasteiger partial charge in [0.1, 0.15) is 28.9 Å². The molecular weight excluding hydrogens is 491 g/mol. The van der Waals surface area contributed by atoms with Crippen molar-refractivity contribution in [3.63, 3.8) is 0 Å². The van der Waals surface area contributed by atoms with Gasteiger partial charge in [-0.25, -0.2) is 9.78 Å². The van der Waals surface area contributed by atoms with E-state index in [4.69, 9.17) is 35.3 Å². The fourth-order valence-electron chi connectivity index (χ4n) is 2.74. The van der Waals surface area contributed by atoms with Gasteiger partial charge in [-0.3, -0.25) is 0 Å². The zero-order valence-electron chi connectivity index (χ0n) is 19.8. The second-order valence-corrected chi connectivity index (χ2v) is 8.23. The van der Waals surface area contributed by atoms with Crippen molar-refractivity contribution in [3.8, 4) is 17.4 Å². The Morgan fingerprint density at radius 2 is 1.94 bits per heavy atom. The summed E-state index contributed by atoms with van der Waals surface area (Å²) in [6.07, 6.45) is -0.791. The van der Waals surface area contributed by atoms with Gasteiger partial charge in [-0.2, -0.15) is 13.2 Å². The highest BCUT2D eigenvalue weighted by molar-refractivity contribution is 6.31. The molecule has 0 saturated heterocycles. The van der Waals surface area contributed by atoms with E-state index in [-0.39, 0.29) is 30.1 Å². The predicted molar refractivity (Wildman–Crippen MR) is 124 cm³/mol. The summed E-state index contributed by atoms with van der Waals surface area (Å²) in [7, 11) is 1.53. The summed E-state index contributed by atoms with van der Waals surface area (Å²) in [4.78, 5) is 15.4. The lowest BCUT2D eigenvalue weighted by atomic mass is 10.1. The van der Waals surface area contributed by atoms with Crippen LogP contribution in [-0.4, -0.2) is 43.7 Å². The Labute approximate surface area is 206 Å². The largest absolute Gasteiger partial charge is 0.488 e. The molecule has 0 aliphatic heterocycles. The number of ether oxygens (including phenoxy) is 5. The maximum absolute atomic E-state index is 12.9. The normalized spacial score (nSPS) is 12.1. The lowest BCUT2D eigenvalue weighted by molar-refractivity contribution is -0.138. The number of alkyl halides is 3. The molecule has 1 aromatic heterocycles. The van der Waals surface area contributed by atoms with Crippen molar-refractivity contribution in [2.45, 2.75) is 39.0 Å². The van der Waals surface area contributed by atoms with Crippen LogP contribution in [0, 0.1) is 0 Å². The minimum atomic E-state index is -4.60. The molecule has 0 aliphatic carbocycles. The number of aromatic nitrogens is 1. The fourth-order valence-corrected chi connectivity index (χ4v) is 2.95. The molecule has 0 unspecified atom stereocenters. The summed E-state index contributed by atoms with van der Waals surface area (Å²) < 4.78 is 65.7. The van der Waals surface area contributed by atoms with Crippen molar-refractivity contribution in [3.05, 3.63) is 52.7 Å². The first kappa shape index (κ1) is 28.4. The van der Waals surface area contributed by atoms with Crippen LogP contribution in [0.3, 0.4) is 0 Å². The average molecular weight is 518 g/mol. The number of nitrogens with zero attached hydrogens (tertiary/aromatic N) is 1. The molecule has 192 valence electrons. The van der Waals surface area contributed by atoms with Crippen LogP contribution in [0.15, 0.2) is 36.5 Å². The van der Waals surface area contributed by atoms with Crippen LogP contribution in [0.4, 0.5) is 13.2 Å². The molecule has 11 heteroatoms. The second-order valence-electron chi connectivity index (χ2n) is 7.82. The molecular formula is C24H27ClF3NO6. The van der Waals surface area contributed by atoms with Gasteiger partial charge in [0.15, 0.2) is 0 Å². The molecule has 1 aromatic carbocycles. The van der Waals surface area contributed by atoms with Gasteiger partial charge in [-0.1, -0.05) is 11.6 Å². The van der Waals surface area contributed by atoms with Crippen LogP contribution >= 0.6 is 11.6 Å². The first-order chi connectivity index (χ1) is 16.4. The van der Waals surface area contributed by atoms with E-state index in [0.29, 0.717) is 30.5 Å². The molecule has 0 spiro atoms. The Bertz CT molecular complexity index is 1030. The van der Waals surface area contributed by atoms with Gasteiger partial charge in [0.25, 0.3) is 0 Å². The number of esters is 1. The molecule has 0 amide bonds. The number of benzene rings is 1. The van der Waals surface area contributed by atoms with Crippen LogP contribution in [0.1, 0.15) is 38.3 Å². The molecule has 0 atom stereocenters. The molecule has 35 heavy (non-hydrogen) atoms. The highest BCUT2D eigenvalue weighted by Crippen LogP contribution is 2.37. The number of carbonyl (C=O) groups excluding carboxylic acids is 1. The molecule has 0 aliphatic rings. The van der Waals surface area contributed by atoms with Gasteiger partial charge < -0.3 is 23.7 Å². The van der Waals surface area contributed by atoms with Gasteiger partial charge in [0, 0.05) is 37.4 Å². The summed E-state index contributed by atoms with van der Waals surface area (Å²) in [5, 5.41) is -0.331. The summed E-state index contributed by atoms with van der Waals surface area (Å²) in [5.74, 6) is -0.242. The minimum Gasteiger partial charge on any atom is -0.488 e.